The molecule has 1 N–H and O–H groups in total. The van der Waals surface area contributed by atoms with Crippen LogP contribution < -0.4 is 0 Å². The van der Waals surface area contributed by atoms with E-state index in [2.05, 4.69) is 0 Å². The van der Waals surface area contributed by atoms with Crippen molar-refractivity contribution in [3.05, 3.63) is 60.2 Å². The van der Waals surface area contributed by atoms with E-state index >= 15 is 0 Å². The van der Waals surface area contributed by atoms with Crippen LogP contribution in [0.15, 0.2) is 59.5 Å². The number of rotatable bonds is 5. The summed E-state index contributed by atoms with van der Waals surface area (Å²) in [4.78, 5) is 0.374. The molecule has 134 valence electrons. The maximum atomic E-state index is 13.1. The Morgan fingerprint density at radius 1 is 1.00 bits per heavy atom. The minimum absolute atomic E-state index is 0.00931. The zero-order valence-corrected chi connectivity index (χ0v) is 15.2. The minimum Gasteiger partial charge on any atom is -0.508 e. The topological polar surface area (TPSA) is 57.6 Å². The molecule has 2 aromatic carbocycles. The summed E-state index contributed by atoms with van der Waals surface area (Å²) in [6.07, 6.45) is 5.48. The molecule has 25 heavy (non-hydrogen) atoms. The first kappa shape index (κ1) is 18.0. The van der Waals surface area contributed by atoms with Crippen molar-refractivity contribution in [1.29, 1.82) is 0 Å². The van der Waals surface area contributed by atoms with Crippen LogP contribution in [0.2, 0.25) is 0 Å². The van der Waals surface area contributed by atoms with Crippen LogP contribution in [-0.2, 0) is 16.4 Å². The molecule has 1 saturated heterocycles. The molecule has 1 heterocycles. The lowest BCUT2D eigenvalue weighted by Crippen LogP contribution is -2.40. The molecular weight excluding hydrogens is 334 g/mol. The molecule has 0 bridgehead atoms. The van der Waals surface area contributed by atoms with E-state index in [-0.39, 0.29) is 11.8 Å². The quantitative estimate of drug-likeness (QED) is 0.879. The van der Waals surface area contributed by atoms with Gasteiger partial charge in [-0.2, -0.15) is 4.31 Å². The Labute approximate surface area is 150 Å². The summed E-state index contributed by atoms with van der Waals surface area (Å²) in [5.74, 6) is 0.257. The molecule has 1 aliphatic rings. The number of phenolic OH excluding ortho intramolecular Hbond substituents is 1. The molecule has 1 unspecified atom stereocenters. The molecule has 0 aromatic heterocycles. The van der Waals surface area contributed by atoms with Crippen molar-refractivity contribution in [3.63, 3.8) is 0 Å². The molecule has 0 radical (unpaired) electrons. The van der Waals surface area contributed by atoms with E-state index in [1.165, 1.54) is 0 Å². The number of nitrogens with zero attached hydrogens (tertiary/aromatic N) is 1. The smallest absolute Gasteiger partial charge is 0.243 e. The van der Waals surface area contributed by atoms with Crippen molar-refractivity contribution in [2.24, 2.45) is 0 Å². The molecule has 2 aromatic rings. The lowest BCUT2D eigenvalue weighted by molar-refractivity contribution is 0.307. The van der Waals surface area contributed by atoms with Gasteiger partial charge in [0, 0.05) is 12.6 Å². The molecule has 4 nitrogen and oxygen atoms in total. The van der Waals surface area contributed by atoms with Crippen molar-refractivity contribution >= 4 is 10.0 Å². The van der Waals surface area contributed by atoms with Gasteiger partial charge in [-0.15, -0.1) is 0 Å². The van der Waals surface area contributed by atoms with Gasteiger partial charge < -0.3 is 5.11 Å². The number of benzene rings is 2. The molecule has 1 aliphatic heterocycles. The second kappa shape index (κ2) is 8.02. The molecule has 1 atom stereocenters. The monoisotopic (exact) mass is 359 g/mol. The normalized spacial score (nSPS) is 19.4. The Morgan fingerprint density at radius 3 is 2.56 bits per heavy atom. The van der Waals surface area contributed by atoms with E-state index in [9.17, 15) is 13.5 Å². The third-order valence-electron chi connectivity index (χ3n) is 4.85. The number of aromatic hydroxyl groups is 1. The zero-order valence-electron chi connectivity index (χ0n) is 14.3. The van der Waals surface area contributed by atoms with E-state index in [4.69, 9.17) is 0 Å². The van der Waals surface area contributed by atoms with Crippen LogP contribution in [0.25, 0.3) is 0 Å². The second-order valence-electron chi connectivity index (χ2n) is 6.64. The summed E-state index contributed by atoms with van der Waals surface area (Å²) in [5.41, 5.74) is 1.04. The average molecular weight is 359 g/mol. The van der Waals surface area contributed by atoms with Gasteiger partial charge in [0.15, 0.2) is 0 Å². The van der Waals surface area contributed by atoms with Gasteiger partial charge in [0.1, 0.15) is 5.75 Å². The van der Waals surface area contributed by atoms with E-state index in [0.717, 1.165) is 44.1 Å². The fourth-order valence-electron chi connectivity index (χ4n) is 3.53. The Morgan fingerprint density at radius 2 is 1.80 bits per heavy atom. The molecular formula is C20H25NO3S. The SMILES string of the molecule is O=S(=O)(c1ccccc1)N1CCCCCC1CCc1cccc(O)c1. The van der Waals surface area contributed by atoms with Crippen LogP contribution in [-0.4, -0.2) is 30.4 Å². The van der Waals surface area contributed by atoms with E-state index in [1.54, 1.807) is 40.7 Å². The minimum atomic E-state index is -3.46. The first-order valence-corrected chi connectivity index (χ1v) is 10.4. The maximum Gasteiger partial charge on any atom is 0.243 e. The highest BCUT2D eigenvalue weighted by atomic mass is 32.2. The van der Waals surface area contributed by atoms with Crippen LogP contribution in [0.4, 0.5) is 0 Å². The lowest BCUT2D eigenvalue weighted by Gasteiger charge is -2.29. The fourth-order valence-corrected chi connectivity index (χ4v) is 5.27. The molecule has 5 heteroatoms. The third-order valence-corrected chi connectivity index (χ3v) is 6.82. The molecule has 0 aliphatic carbocycles. The van der Waals surface area contributed by atoms with Crippen LogP contribution in [0.1, 0.15) is 37.7 Å². The largest absolute Gasteiger partial charge is 0.508 e. The highest BCUT2D eigenvalue weighted by Crippen LogP contribution is 2.27. The van der Waals surface area contributed by atoms with Crippen molar-refractivity contribution in [2.45, 2.75) is 49.5 Å². The molecule has 0 saturated carbocycles. The van der Waals surface area contributed by atoms with Gasteiger partial charge in [-0.1, -0.05) is 43.2 Å². The molecule has 0 spiro atoms. The third kappa shape index (κ3) is 4.41. The van der Waals surface area contributed by atoms with E-state index in [0.29, 0.717) is 11.4 Å². The Bertz CT molecular complexity index is 790. The van der Waals surface area contributed by atoms with Gasteiger partial charge in [-0.25, -0.2) is 8.42 Å². The predicted molar refractivity (Wildman–Crippen MR) is 99.0 cm³/mol. The van der Waals surface area contributed by atoms with Crippen LogP contribution in [0.3, 0.4) is 0 Å². The number of aryl methyl sites for hydroxylation is 1. The average Bonchev–Trinajstić information content (AvgIpc) is 2.87. The molecule has 1 fully saturated rings. The molecule has 3 rings (SSSR count). The van der Waals surface area contributed by atoms with Crippen molar-refractivity contribution in [2.75, 3.05) is 6.54 Å². The summed E-state index contributed by atoms with van der Waals surface area (Å²) in [6.45, 7) is 0.585. The van der Waals surface area contributed by atoms with Gasteiger partial charge in [0.05, 0.1) is 4.90 Å². The van der Waals surface area contributed by atoms with E-state index in [1.807, 2.05) is 18.2 Å². The van der Waals surface area contributed by atoms with Gasteiger partial charge >= 0.3 is 0 Å². The lowest BCUT2D eigenvalue weighted by atomic mass is 10.0. The van der Waals surface area contributed by atoms with E-state index < -0.39 is 10.0 Å². The van der Waals surface area contributed by atoms with Crippen LogP contribution in [0.5, 0.6) is 5.75 Å². The highest BCUT2D eigenvalue weighted by molar-refractivity contribution is 7.89. The van der Waals surface area contributed by atoms with Gasteiger partial charge in [0.25, 0.3) is 0 Å². The van der Waals surface area contributed by atoms with Gasteiger partial charge in [-0.3, -0.25) is 0 Å². The van der Waals surface area contributed by atoms with Crippen molar-refractivity contribution in [3.8, 4) is 5.75 Å². The van der Waals surface area contributed by atoms with Crippen LogP contribution >= 0.6 is 0 Å². The number of hydrogen-bond acceptors (Lipinski definition) is 3. The fraction of sp³-hybridized carbons (Fsp3) is 0.400. The van der Waals surface area contributed by atoms with Gasteiger partial charge in [-0.05, 0) is 55.5 Å². The Balaban J connectivity index is 1.80. The zero-order chi connectivity index (χ0) is 17.7. The number of phenols is 1. The highest BCUT2D eigenvalue weighted by Gasteiger charge is 2.32. The van der Waals surface area contributed by atoms with Gasteiger partial charge in [0.2, 0.25) is 10.0 Å². The molecule has 0 amide bonds. The number of hydrogen-bond donors (Lipinski definition) is 1. The summed E-state index contributed by atoms with van der Waals surface area (Å²) in [6, 6.07) is 15.9. The summed E-state index contributed by atoms with van der Waals surface area (Å²) in [7, 11) is -3.46. The van der Waals surface area contributed by atoms with Crippen molar-refractivity contribution < 1.29 is 13.5 Å². The predicted octanol–water partition coefficient (Wildman–Crippen LogP) is 3.96. The van der Waals surface area contributed by atoms with Crippen LogP contribution in [0, 0.1) is 0 Å². The maximum absolute atomic E-state index is 13.1. The second-order valence-corrected chi connectivity index (χ2v) is 8.53. The van der Waals surface area contributed by atoms with Crippen molar-refractivity contribution in [1.82, 2.24) is 4.31 Å². The summed E-state index contributed by atoms with van der Waals surface area (Å²) >= 11 is 0. The Kier molecular flexibility index (Phi) is 5.76. The standard InChI is InChI=1S/C20H25NO3S/c22-19-10-7-8-17(16-19)13-14-18-9-3-2-6-15-21(18)25(23,24)20-11-4-1-5-12-20/h1,4-5,7-8,10-12,16,18,22H,2-3,6,9,13-15H2. The first-order chi connectivity index (χ1) is 12.1. The Hall–Kier alpha value is -1.85. The first-order valence-electron chi connectivity index (χ1n) is 8.92. The summed E-state index contributed by atoms with van der Waals surface area (Å²) < 4.78 is 27.9. The number of sulfonamides is 1. The summed E-state index contributed by atoms with van der Waals surface area (Å²) in [5, 5.41) is 9.62.